The Kier molecular flexibility index (Phi) is 6.61. The van der Waals surface area contributed by atoms with Crippen LogP contribution in [0.4, 0.5) is 0 Å². The van der Waals surface area contributed by atoms with Crippen LogP contribution in [0.25, 0.3) is 45.0 Å². The fourth-order valence-corrected chi connectivity index (χ4v) is 5.84. The summed E-state index contributed by atoms with van der Waals surface area (Å²) in [5.74, 6) is 0.715. The normalized spacial score (nSPS) is 14.2. The van der Waals surface area contributed by atoms with E-state index in [0.29, 0.717) is 5.82 Å². The molecule has 0 atom stereocenters. The fraction of sp³-hybridized carbons (Fsp3) is 0.105. The average Bonchev–Trinajstić information content (AvgIpc) is 3.24. The standard InChI is InChI=1S/C38H32N2/c1-5-30(36-31-19-13-14-20-33(31)38(3,4)32(36)6-2)26-21-23-29(24-22-26)37-39-34(27-15-9-7-10-16-27)25-35(40-37)28-17-11-8-12-18-28/h5-25H,2H2,1,3-4H3/b30-5-. The van der Waals surface area contributed by atoms with E-state index in [2.05, 4.69) is 112 Å². The molecule has 4 aromatic carbocycles. The number of hydrogen-bond acceptors (Lipinski definition) is 2. The molecule has 0 amide bonds. The number of hydrogen-bond donors (Lipinski definition) is 0. The van der Waals surface area contributed by atoms with Crippen LogP contribution in [0.1, 0.15) is 37.5 Å². The zero-order valence-corrected chi connectivity index (χ0v) is 23.2. The lowest BCUT2D eigenvalue weighted by molar-refractivity contribution is 0.654. The quantitative estimate of drug-likeness (QED) is 0.224. The van der Waals surface area contributed by atoms with Crippen LogP contribution in [0.15, 0.2) is 140 Å². The van der Waals surface area contributed by atoms with Gasteiger partial charge in [0.1, 0.15) is 0 Å². The van der Waals surface area contributed by atoms with Gasteiger partial charge in [-0.2, -0.15) is 0 Å². The van der Waals surface area contributed by atoms with E-state index in [9.17, 15) is 0 Å². The molecule has 0 aliphatic heterocycles. The Morgan fingerprint density at radius 1 is 0.675 bits per heavy atom. The van der Waals surface area contributed by atoms with Gasteiger partial charge in [-0.3, -0.25) is 0 Å². The molecule has 2 nitrogen and oxygen atoms in total. The maximum absolute atomic E-state index is 5.00. The lowest BCUT2D eigenvalue weighted by Gasteiger charge is -2.22. The smallest absolute Gasteiger partial charge is 0.160 e. The molecule has 1 aliphatic rings. The minimum absolute atomic E-state index is 0.0958. The summed E-state index contributed by atoms with van der Waals surface area (Å²) in [5, 5.41) is 0. The van der Waals surface area contributed by atoms with Crippen molar-refractivity contribution in [1.29, 1.82) is 0 Å². The van der Waals surface area contributed by atoms with E-state index >= 15 is 0 Å². The number of benzene rings is 4. The third kappa shape index (κ3) is 4.42. The molecule has 6 rings (SSSR count). The fourth-order valence-electron chi connectivity index (χ4n) is 5.84. The van der Waals surface area contributed by atoms with Crippen LogP contribution in [0.2, 0.25) is 0 Å². The molecule has 1 heterocycles. The highest BCUT2D eigenvalue weighted by molar-refractivity contribution is 6.10. The summed E-state index contributed by atoms with van der Waals surface area (Å²) in [7, 11) is 0. The molecule has 0 radical (unpaired) electrons. The Morgan fingerprint density at radius 2 is 1.23 bits per heavy atom. The van der Waals surface area contributed by atoms with E-state index in [1.807, 2.05) is 42.5 Å². The zero-order valence-electron chi connectivity index (χ0n) is 23.2. The monoisotopic (exact) mass is 516 g/mol. The van der Waals surface area contributed by atoms with Crippen LogP contribution in [-0.4, -0.2) is 9.97 Å². The van der Waals surface area contributed by atoms with E-state index in [0.717, 1.165) is 33.6 Å². The second-order valence-electron chi connectivity index (χ2n) is 10.6. The Morgan fingerprint density at radius 3 is 1.77 bits per heavy atom. The van der Waals surface area contributed by atoms with Gasteiger partial charge in [0.05, 0.1) is 11.4 Å². The Labute approximate surface area is 237 Å². The average molecular weight is 517 g/mol. The molecule has 0 saturated carbocycles. The summed E-state index contributed by atoms with van der Waals surface area (Å²) in [6.45, 7) is 10.9. The molecule has 0 spiro atoms. The SMILES string of the molecule is C=CC1=C(/C(=C\C)c2ccc(-c3nc(-c4ccccc4)cc(-c4ccccc4)n3)cc2)c2ccccc2C1(C)C. The summed E-state index contributed by atoms with van der Waals surface area (Å²) < 4.78 is 0. The molecule has 194 valence electrons. The van der Waals surface area contributed by atoms with Crippen molar-refractivity contribution in [2.24, 2.45) is 0 Å². The summed E-state index contributed by atoms with van der Waals surface area (Å²) in [6.07, 6.45) is 4.24. The van der Waals surface area contributed by atoms with Crippen LogP contribution < -0.4 is 0 Å². The number of nitrogens with zero attached hydrogens (tertiary/aromatic N) is 2. The molecule has 5 aromatic rings. The molecule has 1 aliphatic carbocycles. The van der Waals surface area contributed by atoms with Gasteiger partial charge in [-0.15, -0.1) is 0 Å². The minimum atomic E-state index is -0.0958. The molecule has 0 fully saturated rings. The zero-order chi connectivity index (χ0) is 27.7. The lowest BCUT2D eigenvalue weighted by atomic mass is 9.81. The Balaban J connectivity index is 1.43. The van der Waals surface area contributed by atoms with Crippen molar-refractivity contribution >= 4 is 11.1 Å². The van der Waals surface area contributed by atoms with Crippen molar-refractivity contribution < 1.29 is 0 Å². The van der Waals surface area contributed by atoms with Crippen molar-refractivity contribution in [3.63, 3.8) is 0 Å². The van der Waals surface area contributed by atoms with Crippen molar-refractivity contribution in [2.45, 2.75) is 26.2 Å². The van der Waals surface area contributed by atoms with Gasteiger partial charge in [-0.25, -0.2) is 9.97 Å². The third-order valence-corrected chi connectivity index (χ3v) is 7.89. The Hall–Kier alpha value is -4.82. The maximum atomic E-state index is 5.00. The first-order valence-electron chi connectivity index (χ1n) is 13.8. The topological polar surface area (TPSA) is 25.8 Å². The minimum Gasteiger partial charge on any atom is -0.228 e. The molecule has 1 aromatic heterocycles. The first kappa shape index (κ1) is 25.5. The number of allylic oxidation sites excluding steroid dienone is 5. The van der Waals surface area contributed by atoms with Crippen molar-refractivity contribution in [1.82, 2.24) is 9.97 Å². The number of rotatable bonds is 6. The largest absolute Gasteiger partial charge is 0.228 e. The van der Waals surface area contributed by atoms with Gasteiger partial charge in [-0.1, -0.05) is 142 Å². The Bertz CT molecular complexity index is 1700. The second kappa shape index (κ2) is 10.4. The highest BCUT2D eigenvalue weighted by Crippen LogP contribution is 2.51. The summed E-state index contributed by atoms with van der Waals surface area (Å²) in [6, 6.07) is 40.0. The van der Waals surface area contributed by atoms with Crippen LogP contribution in [0.5, 0.6) is 0 Å². The van der Waals surface area contributed by atoms with Gasteiger partial charge in [-0.05, 0) is 46.4 Å². The highest BCUT2D eigenvalue weighted by Gasteiger charge is 2.37. The molecule has 0 unspecified atom stereocenters. The van der Waals surface area contributed by atoms with Gasteiger partial charge in [0.15, 0.2) is 5.82 Å². The lowest BCUT2D eigenvalue weighted by Crippen LogP contribution is -2.15. The van der Waals surface area contributed by atoms with E-state index in [1.54, 1.807) is 0 Å². The predicted molar refractivity (Wildman–Crippen MR) is 169 cm³/mol. The molecule has 0 bridgehead atoms. The molecule has 0 N–H and O–H groups in total. The van der Waals surface area contributed by atoms with Gasteiger partial charge >= 0.3 is 0 Å². The predicted octanol–water partition coefficient (Wildman–Crippen LogP) is 9.81. The van der Waals surface area contributed by atoms with Crippen molar-refractivity contribution in [3.8, 4) is 33.9 Å². The number of aromatic nitrogens is 2. The molecule has 0 saturated heterocycles. The van der Waals surface area contributed by atoms with Crippen molar-refractivity contribution in [3.05, 3.63) is 156 Å². The second-order valence-corrected chi connectivity index (χ2v) is 10.6. The van der Waals surface area contributed by atoms with Gasteiger partial charge in [0.25, 0.3) is 0 Å². The number of fused-ring (bicyclic) bond motifs is 1. The first-order chi connectivity index (χ1) is 19.5. The third-order valence-electron chi connectivity index (χ3n) is 7.89. The highest BCUT2D eigenvalue weighted by atomic mass is 14.9. The summed E-state index contributed by atoms with van der Waals surface area (Å²) in [5.41, 5.74) is 12.4. The summed E-state index contributed by atoms with van der Waals surface area (Å²) >= 11 is 0. The molecule has 40 heavy (non-hydrogen) atoms. The van der Waals surface area contributed by atoms with Crippen LogP contribution >= 0.6 is 0 Å². The molecular formula is C38H32N2. The van der Waals surface area contributed by atoms with Crippen molar-refractivity contribution in [2.75, 3.05) is 0 Å². The van der Waals surface area contributed by atoms with Crippen LogP contribution in [0.3, 0.4) is 0 Å². The van der Waals surface area contributed by atoms with E-state index in [-0.39, 0.29) is 5.41 Å². The van der Waals surface area contributed by atoms with Crippen LogP contribution in [-0.2, 0) is 5.41 Å². The molecular weight excluding hydrogens is 484 g/mol. The van der Waals surface area contributed by atoms with Gasteiger partial charge in [0, 0.05) is 22.1 Å². The molecule has 2 heteroatoms. The van der Waals surface area contributed by atoms with E-state index in [1.165, 1.54) is 27.8 Å². The van der Waals surface area contributed by atoms with E-state index in [4.69, 9.17) is 9.97 Å². The summed E-state index contributed by atoms with van der Waals surface area (Å²) in [4.78, 5) is 9.99. The van der Waals surface area contributed by atoms with Crippen LogP contribution in [0, 0.1) is 0 Å². The van der Waals surface area contributed by atoms with Gasteiger partial charge in [0.2, 0.25) is 0 Å². The maximum Gasteiger partial charge on any atom is 0.160 e. The van der Waals surface area contributed by atoms with E-state index < -0.39 is 0 Å². The van der Waals surface area contributed by atoms with Gasteiger partial charge < -0.3 is 0 Å². The first-order valence-corrected chi connectivity index (χ1v) is 13.8.